The van der Waals surface area contributed by atoms with Crippen molar-refractivity contribution in [2.24, 2.45) is 0 Å². The Balaban J connectivity index is 1.40. The van der Waals surface area contributed by atoms with Crippen molar-refractivity contribution in [2.45, 2.75) is 57.5 Å². The zero-order valence-corrected chi connectivity index (χ0v) is 16.7. The maximum Gasteiger partial charge on any atom is 0.338 e. The molecular formula is C22H33N2O4+. The Morgan fingerprint density at radius 1 is 1.00 bits per heavy atom. The third-order valence-corrected chi connectivity index (χ3v) is 5.65. The van der Waals surface area contributed by atoms with Crippen LogP contribution in [-0.4, -0.2) is 50.8 Å². The van der Waals surface area contributed by atoms with Crippen molar-refractivity contribution in [3.8, 4) is 0 Å². The zero-order valence-electron chi connectivity index (χ0n) is 16.7. The van der Waals surface area contributed by atoms with Crippen molar-refractivity contribution in [3.63, 3.8) is 0 Å². The first kappa shape index (κ1) is 20.8. The monoisotopic (exact) mass is 389 g/mol. The van der Waals surface area contributed by atoms with Gasteiger partial charge in [0.1, 0.15) is 19.6 Å². The minimum atomic E-state index is -0.446. The van der Waals surface area contributed by atoms with Gasteiger partial charge in [-0.2, -0.15) is 0 Å². The number of hydrogen-bond donors (Lipinski definition) is 2. The van der Waals surface area contributed by atoms with Gasteiger partial charge in [0.2, 0.25) is 0 Å². The average Bonchev–Trinajstić information content (AvgIpc) is 2.69. The van der Waals surface area contributed by atoms with Gasteiger partial charge in [-0.05, 0) is 25.0 Å². The molecule has 3 rings (SSSR count). The molecule has 2 fully saturated rings. The van der Waals surface area contributed by atoms with Gasteiger partial charge in [0, 0.05) is 11.6 Å². The number of quaternary nitrogens is 1. The van der Waals surface area contributed by atoms with E-state index in [0.29, 0.717) is 5.56 Å². The molecule has 0 radical (unpaired) electrons. The molecule has 1 aromatic carbocycles. The third-order valence-electron chi connectivity index (χ3n) is 5.65. The molecule has 0 bridgehead atoms. The molecule has 1 amide bonds. The number of nitrogens with one attached hydrogen (secondary N) is 2. The molecule has 1 aromatic rings. The number of amides is 1. The van der Waals surface area contributed by atoms with Crippen LogP contribution in [0.4, 0.5) is 0 Å². The van der Waals surface area contributed by atoms with E-state index in [-0.39, 0.29) is 18.6 Å². The van der Waals surface area contributed by atoms with E-state index in [1.54, 1.807) is 12.1 Å². The van der Waals surface area contributed by atoms with Crippen molar-refractivity contribution in [1.82, 2.24) is 5.32 Å². The first-order valence-electron chi connectivity index (χ1n) is 10.7. The highest BCUT2D eigenvalue weighted by atomic mass is 16.5. The van der Waals surface area contributed by atoms with E-state index in [1.165, 1.54) is 29.7 Å². The lowest BCUT2D eigenvalue weighted by Gasteiger charge is -2.23. The summed E-state index contributed by atoms with van der Waals surface area (Å²) in [5, 5.41) is 3.02. The van der Waals surface area contributed by atoms with Crippen molar-refractivity contribution >= 4 is 11.9 Å². The van der Waals surface area contributed by atoms with Gasteiger partial charge in [0.25, 0.3) is 5.91 Å². The number of benzene rings is 1. The Hall–Kier alpha value is -1.92. The predicted molar refractivity (Wildman–Crippen MR) is 106 cm³/mol. The number of rotatable bonds is 6. The van der Waals surface area contributed by atoms with Gasteiger partial charge in [-0.3, -0.25) is 4.79 Å². The highest BCUT2D eigenvalue weighted by molar-refractivity contribution is 5.91. The molecule has 0 spiro atoms. The maximum absolute atomic E-state index is 12.2. The summed E-state index contributed by atoms with van der Waals surface area (Å²) in [5.41, 5.74) is 1.68. The van der Waals surface area contributed by atoms with Crippen LogP contribution < -0.4 is 10.2 Å². The molecule has 1 aliphatic carbocycles. The number of carbonyl (C=O) groups excluding carboxylic acids is 2. The molecule has 1 saturated carbocycles. The molecule has 1 saturated heterocycles. The number of esters is 1. The number of carbonyl (C=O) groups is 2. The van der Waals surface area contributed by atoms with Crippen LogP contribution in [0.2, 0.25) is 0 Å². The Bertz CT molecular complexity index is 618. The molecule has 2 aliphatic rings. The van der Waals surface area contributed by atoms with Crippen molar-refractivity contribution in [2.75, 3.05) is 32.9 Å². The second kappa shape index (κ2) is 11.2. The van der Waals surface area contributed by atoms with Gasteiger partial charge in [-0.25, -0.2) is 4.79 Å². The Kier molecular flexibility index (Phi) is 8.30. The minimum absolute atomic E-state index is 0.202. The third kappa shape index (κ3) is 6.91. The topological polar surface area (TPSA) is 69.1 Å². The molecule has 154 valence electrons. The molecular weight excluding hydrogens is 356 g/mol. The van der Waals surface area contributed by atoms with Gasteiger partial charge < -0.3 is 19.7 Å². The van der Waals surface area contributed by atoms with Gasteiger partial charge in [-0.15, -0.1) is 0 Å². The molecule has 6 nitrogen and oxygen atoms in total. The zero-order chi connectivity index (χ0) is 19.6. The van der Waals surface area contributed by atoms with Crippen LogP contribution in [0.3, 0.4) is 0 Å². The molecule has 1 aliphatic heterocycles. The van der Waals surface area contributed by atoms with E-state index in [2.05, 4.69) is 5.32 Å². The summed E-state index contributed by atoms with van der Waals surface area (Å²) in [4.78, 5) is 25.8. The van der Waals surface area contributed by atoms with Gasteiger partial charge in [0.05, 0.1) is 18.8 Å². The number of morpholine rings is 1. The largest absolute Gasteiger partial charge is 0.452 e. The molecule has 6 heteroatoms. The second-order valence-electron chi connectivity index (χ2n) is 7.92. The van der Waals surface area contributed by atoms with Crippen LogP contribution in [0.15, 0.2) is 24.3 Å². The lowest BCUT2D eigenvalue weighted by Crippen LogP contribution is -3.12. The van der Waals surface area contributed by atoms with Gasteiger partial charge in [0.15, 0.2) is 6.61 Å². The first-order valence-corrected chi connectivity index (χ1v) is 10.7. The van der Waals surface area contributed by atoms with Crippen molar-refractivity contribution in [1.29, 1.82) is 0 Å². The highest BCUT2D eigenvalue weighted by Gasteiger charge is 2.17. The Labute approximate surface area is 167 Å². The van der Waals surface area contributed by atoms with E-state index >= 15 is 0 Å². The summed E-state index contributed by atoms with van der Waals surface area (Å²) in [6.45, 7) is 4.36. The smallest absolute Gasteiger partial charge is 0.338 e. The molecule has 2 N–H and O–H groups in total. The summed E-state index contributed by atoms with van der Waals surface area (Å²) in [7, 11) is 0. The van der Waals surface area contributed by atoms with E-state index in [9.17, 15) is 9.59 Å². The first-order chi connectivity index (χ1) is 13.7. The van der Waals surface area contributed by atoms with Crippen LogP contribution in [0.5, 0.6) is 0 Å². The lowest BCUT2D eigenvalue weighted by molar-refractivity contribution is -0.921. The summed E-state index contributed by atoms with van der Waals surface area (Å²) in [6.07, 6.45) is 8.13. The Morgan fingerprint density at radius 3 is 2.32 bits per heavy atom. The van der Waals surface area contributed by atoms with E-state index in [0.717, 1.165) is 58.5 Å². The van der Waals surface area contributed by atoms with Crippen LogP contribution in [0, 0.1) is 0 Å². The standard InChI is InChI=1S/C22H32N2O4/c25-21(23-20-6-4-2-1-3-5-7-20)17-28-22(26)19-10-8-18(9-11-19)16-24-12-14-27-15-13-24/h8-11,20H,1-7,12-17H2,(H,23,25)/p+1. The molecule has 0 atom stereocenters. The van der Waals surface area contributed by atoms with Crippen molar-refractivity contribution in [3.05, 3.63) is 35.4 Å². The minimum Gasteiger partial charge on any atom is -0.452 e. The fraction of sp³-hybridized carbons (Fsp3) is 0.636. The quantitative estimate of drug-likeness (QED) is 0.724. The normalized spacial score (nSPS) is 19.4. The highest BCUT2D eigenvalue weighted by Crippen LogP contribution is 2.17. The molecule has 0 unspecified atom stereocenters. The predicted octanol–water partition coefficient (Wildman–Crippen LogP) is 1.49. The number of ether oxygens (including phenoxy) is 2. The second-order valence-corrected chi connectivity index (χ2v) is 7.92. The summed E-state index contributed by atoms with van der Waals surface area (Å²) in [5.74, 6) is -0.649. The van der Waals surface area contributed by atoms with Gasteiger partial charge in [-0.1, -0.05) is 44.2 Å². The average molecular weight is 390 g/mol. The Morgan fingerprint density at radius 2 is 1.64 bits per heavy atom. The summed E-state index contributed by atoms with van der Waals surface area (Å²) >= 11 is 0. The van der Waals surface area contributed by atoms with Crippen LogP contribution in [0.1, 0.15) is 60.9 Å². The molecule has 0 aromatic heterocycles. The van der Waals surface area contributed by atoms with Crippen LogP contribution in [0.25, 0.3) is 0 Å². The van der Waals surface area contributed by atoms with Crippen LogP contribution >= 0.6 is 0 Å². The summed E-state index contributed by atoms with van der Waals surface area (Å²) < 4.78 is 10.6. The van der Waals surface area contributed by atoms with Crippen molar-refractivity contribution < 1.29 is 24.0 Å². The van der Waals surface area contributed by atoms with Gasteiger partial charge >= 0.3 is 5.97 Å². The number of hydrogen-bond acceptors (Lipinski definition) is 4. The van der Waals surface area contributed by atoms with E-state index in [4.69, 9.17) is 9.47 Å². The summed E-state index contributed by atoms with van der Waals surface area (Å²) in [6, 6.07) is 7.71. The van der Waals surface area contributed by atoms with E-state index < -0.39 is 5.97 Å². The van der Waals surface area contributed by atoms with Crippen LogP contribution in [-0.2, 0) is 20.8 Å². The molecule has 28 heavy (non-hydrogen) atoms. The fourth-order valence-electron chi connectivity index (χ4n) is 3.97. The fourth-order valence-corrected chi connectivity index (χ4v) is 3.97. The maximum atomic E-state index is 12.2. The molecule has 1 heterocycles. The SMILES string of the molecule is O=C(COC(=O)c1ccc(C[NH+]2CCOCC2)cc1)NC1CCCCCCC1. The lowest BCUT2D eigenvalue weighted by atomic mass is 9.97. The van der Waals surface area contributed by atoms with E-state index in [1.807, 2.05) is 12.1 Å².